The van der Waals surface area contributed by atoms with Gasteiger partial charge in [0.1, 0.15) is 0 Å². The highest BCUT2D eigenvalue weighted by Gasteiger charge is 2.21. The van der Waals surface area contributed by atoms with Gasteiger partial charge < -0.3 is 10.4 Å². The highest BCUT2D eigenvalue weighted by Crippen LogP contribution is 2.27. The molecule has 0 saturated heterocycles. The van der Waals surface area contributed by atoms with Gasteiger partial charge in [0.15, 0.2) is 0 Å². The van der Waals surface area contributed by atoms with Crippen LogP contribution >= 0.6 is 34.5 Å². The first-order chi connectivity index (χ1) is 9.99. The Morgan fingerprint density at radius 3 is 2.62 bits per heavy atom. The lowest BCUT2D eigenvalue weighted by atomic mass is 10.1. The molecule has 0 radical (unpaired) electrons. The van der Waals surface area contributed by atoms with Gasteiger partial charge >= 0.3 is 5.97 Å². The molecule has 1 atom stereocenters. The van der Waals surface area contributed by atoms with E-state index in [1.807, 2.05) is 5.38 Å². The molecular weight excluding hydrogens is 333 g/mol. The van der Waals surface area contributed by atoms with Crippen molar-refractivity contribution >= 4 is 46.4 Å². The van der Waals surface area contributed by atoms with Crippen molar-refractivity contribution in [2.24, 2.45) is 0 Å². The molecule has 2 rings (SSSR count). The van der Waals surface area contributed by atoms with Crippen molar-refractivity contribution < 1.29 is 14.7 Å². The lowest BCUT2D eigenvalue weighted by Gasteiger charge is -2.16. The van der Waals surface area contributed by atoms with E-state index in [2.05, 4.69) is 5.32 Å². The fraction of sp³-hybridized carbons (Fsp3) is 0.143. The number of carboxylic acids is 1. The smallest absolute Gasteiger partial charge is 0.305 e. The molecule has 2 aromatic rings. The average molecular weight is 344 g/mol. The van der Waals surface area contributed by atoms with Crippen molar-refractivity contribution in [2.45, 2.75) is 12.5 Å². The summed E-state index contributed by atoms with van der Waals surface area (Å²) in [6.45, 7) is 0. The largest absolute Gasteiger partial charge is 0.481 e. The van der Waals surface area contributed by atoms with Gasteiger partial charge in [-0.15, -0.1) is 11.3 Å². The summed E-state index contributed by atoms with van der Waals surface area (Å²) in [5.74, 6) is -1.45. The second-order valence-electron chi connectivity index (χ2n) is 4.24. The van der Waals surface area contributed by atoms with E-state index in [0.29, 0.717) is 0 Å². The molecule has 0 spiro atoms. The average Bonchev–Trinajstić information content (AvgIpc) is 2.94. The maximum atomic E-state index is 12.3. The highest BCUT2D eigenvalue weighted by atomic mass is 35.5. The summed E-state index contributed by atoms with van der Waals surface area (Å²) in [7, 11) is 0. The second kappa shape index (κ2) is 6.93. The van der Waals surface area contributed by atoms with Gasteiger partial charge in [0, 0.05) is 4.88 Å². The van der Waals surface area contributed by atoms with Crippen LogP contribution < -0.4 is 5.32 Å². The molecular formula is C14H11Cl2NO3S. The Morgan fingerprint density at radius 1 is 1.24 bits per heavy atom. The van der Waals surface area contributed by atoms with Crippen LogP contribution in [0.5, 0.6) is 0 Å². The van der Waals surface area contributed by atoms with E-state index in [9.17, 15) is 9.59 Å². The van der Waals surface area contributed by atoms with Crippen molar-refractivity contribution in [3.05, 3.63) is 56.2 Å². The molecule has 0 aliphatic carbocycles. The molecule has 0 bridgehead atoms. The van der Waals surface area contributed by atoms with Gasteiger partial charge in [-0.05, 0) is 23.6 Å². The van der Waals surface area contributed by atoms with Crippen molar-refractivity contribution in [1.82, 2.24) is 5.32 Å². The van der Waals surface area contributed by atoms with Crippen LogP contribution in [0, 0.1) is 0 Å². The minimum absolute atomic E-state index is 0.150. The number of thiophene rings is 1. The number of hydrogen-bond donors (Lipinski definition) is 2. The van der Waals surface area contributed by atoms with Crippen LogP contribution in [0.25, 0.3) is 0 Å². The summed E-state index contributed by atoms with van der Waals surface area (Å²) < 4.78 is 0. The van der Waals surface area contributed by atoms with E-state index in [1.54, 1.807) is 24.3 Å². The maximum absolute atomic E-state index is 12.3. The molecule has 0 unspecified atom stereocenters. The zero-order chi connectivity index (χ0) is 15.4. The van der Waals surface area contributed by atoms with Crippen molar-refractivity contribution in [3.63, 3.8) is 0 Å². The summed E-state index contributed by atoms with van der Waals surface area (Å²) in [6, 6.07) is 7.70. The molecule has 1 heterocycles. The Hall–Kier alpha value is -1.56. The van der Waals surface area contributed by atoms with Crippen molar-refractivity contribution in [1.29, 1.82) is 0 Å². The summed E-state index contributed by atoms with van der Waals surface area (Å²) in [4.78, 5) is 24.0. The molecule has 0 fully saturated rings. The van der Waals surface area contributed by atoms with Crippen molar-refractivity contribution in [2.75, 3.05) is 0 Å². The fourth-order valence-corrected chi connectivity index (χ4v) is 2.97. The SMILES string of the molecule is O=C(O)C[C@H](NC(=O)c1cccc(Cl)c1Cl)c1cccs1. The third-order valence-corrected chi connectivity index (χ3v) is 4.57. The summed E-state index contributed by atoms with van der Waals surface area (Å²) in [5.41, 5.74) is 0.219. The lowest BCUT2D eigenvalue weighted by Crippen LogP contribution is -2.29. The molecule has 21 heavy (non-hydrogen) atoms. The van der Waals surface area contributed by atoms with Crippen LogP contribution in [0.4, 0.5) is 0 Å². The second-order valence-corrected chi connectivity index (χ2v) is 6.01. The third-order valence-electron chi connectivity index (χ3n) is 2.77. The van der Waals surface area contributed by atoms with Crippen LogP contribution in [0.2, 0.25) is 10.0 Å². The normalized spacial score (nSPS) is 11.9. The summed E-state index contributed by atoms with van der Waals surface area (Å²) in [6.07, 6.45) is -0.204. The number of carbonyl (C=O) groups excluding carboxylic acids is 1. The van der Waals surface area contributed by atoms with Crippen LogP contribution in [0.3, 0.4) is 0 Å². The third kappa shape index (κ3) is 3.97. The Kier molecular flexibility index (Phi) is 5.22. The molecule has 0 aliphatic heterocycles. The van der Waals surface area contributed by atoms with E-state index in [4.69, 9.17) is 28.3 Å². The van der Waals surface area contributed by atoms with E-state index in [0.717, 1.165) is 4.88 Å². The highest BCUT2D eigenvalue weighted by molar-refractivity contribution is 7.10. The van der Waals surface area contributed by atoms with Gasteiger partial charge in [0.25, 0.3) is 5.91 Å². The predicted octanol–water partition coefficient (Wildman–Crippen LogP) is 4.00. The van der Waals surface area contributed by atoms with Gasteiger partial charge in [-0.1, -0.05) is 35.3 Å². The van der Waals surface area contributed by atoms with Crippen LogP contribution in [0.15, 0.2) is 35.7 Å². The standard InChI is InChI=1S/C14H11Cl2NO3S/c15-9-4-1-3-8(13(9)16)14(20)17-10(7-12(18)19)11-5-2-6-21-11/h1-6,10H,7H2,(H,17,20)(H,18,19)/t10-/m0/s1. The number of rotatable bonds is 5. The molecule has 1 aromatic heterocycles. The first kappa shape index (κ1) is 15.8. The van der Waals surface area contributed by atoms with E-state index in [-0.39, 0.29) is 22.0 Å². The van der Waals surface area contributed by atoms with Crippen LogP contribution in [-0.2, 0) is 4.79 Å². The number of amides is 1. The first-order valence-electron chi connectivity index (χ1n) is 5.99. The Morgan fingerprint density at radius 2 is 2.00 bits per heavy atom. The van der Waals surface area contributed by atoms with Gasteiger partial charge in [-0.25, -0.2) is 0 Å². The number of aliphatic carboxylic acids is 1. The lowest BCUT2D eigenvalue weighted by molar-refractivity contribution is -0.137. The zero-order valence-electron chi connectivity index (χ0n) is 10.7. The fourth-order valence-electron chi connectivity index (χ4n) is 1.80. The number of benzene rings is 1. The van der Waals surface area contributed by atoms with Crippen LogP contribution in [0.1, 0.15) is 27.7 Å². The zero-order valence-corrected chi connectivity index (χ0v) is 13.0. The summed E-state index contributed by atoms with van der Waals surface area (Å²) in [5, 5.41) is 13.9. The van der Waals surface area contributed by atoms with Crippen LogP contribution in [-0.4, -0.2) is 17.0 Å². The maximum Gasteiger partial charge on any atom is 0.305 e. The number of carbonyl (C=O) groups is 2. The monoisotopic (exact) mass is 343 g/mol. The van der Waals surface area contributed by atoms with E-state index < -0.39 is 17.9 Å². The number of carboxylic acid groups (broad SMARTS) is 1. The molecule has 2 N–H and O–H groups in total. The number of nitrogens with one attached hydrogen (secondary N) is 1. The minimum atomic E-state index is -0.995. The molecule has 0 aliphatic rings. The number of hydrogen-bond acceptors (Lipinski definition) is 3. The topological polar surface area (TPSA) is 66.4 Å². The minimum Gasteiger partial charge on any atom is -0.481 e. The first-order valence-corrected chi connectivity index (χ1v) is 7.62. The Balaban J connectivity index is 2.22. The number of halogens is 2. The Bertz CT molecular complexity index is 658. The molecule has 0 saturated carbocycles. The van der Waals surface area contributed by atoms with E-state index in [1.165, 1.54) is 17.4 Å². The summed E-state index contributed by atoms with van der Waals surface area (Å²) >= 11 is 13.3. The van der Waals surface area contributed by atoms with Gasteiger partial charge in [-0.2, -0.15) is 0 Å². The molecule has 1 aromatic carbocycles. The predicted molar refractivity (Wildman–Crippen MR) is 83.2 cm³/mol. The molecule has 4 nitrogen and oxygen atoms in total. The molecule has 7 heteroatoms. The molecule has 110 valence electrons. The van der Waals surface area contributed by atoms with Gasteiger partial charge in [-0.3, -0.25) is 9.59 Å². The quantitative estimate of drug-likeness (QED) is 0.862. The van der Waals surface area contributed by atoms with Gasteiger partial charge in [0.05, 0.1) is 28.1 Å². The molecule has 1 amide bonds. The van der Waals surface area contributed by atoms with Gasteiger partial charge in [0.2, 0.25) is 0 Å². The Labute approximate surface area is 135 Å². The van der Waals surface area contributed by atoms with E-state index >= 15 is 0 Å². The van der Waals surface area contributed by atoms with Crippen molar-refractivity contribution in [3.8, 4) is 0 Å².